The molecular formula is C20H25N3O2. The predicted octanol–water partition coefficient (Wildman–Crippen LogP) is 3.41. The van der Waals surface area contributed by atoms with E-state index in [2.05, 4.69) is 52.8 Å². The summed E-state index contributed by atoms with van der Waals surface area (Å²) in [5.74, 6) is 0. The van der Waals surface area contributed by atoms with Gasteiger partial charge in [-0.2, -0.15) is 0 Å². The maximum absolute atomic E-state index is 12.1. The number of anilines is 2. The molecule has 5 heteroatoms. The van der Waals surface area contributed by atoms with Crippen molar-refractivity contribution >= 4 is 17.4 Å². The molecule has 0 aliphatic carbocycles. The lowest BCUT2D eigenvalue weighted by atomic mass is 10.1. The minimum absolute atomic E-state index is 0.189. The first-order chi connectivity index (χ1) is 12.2. The van der Waals surface area contributed by atoms with Gasteiger partial charge in [0.2, 0.25) is 0 Å². The number of hydrogen-bond acceptors (Lipinski definition) is 3. The van der Waals surface area contributed by atoms with Gasteiger partial charge in [0.1, 0.15) is 0 Å². The number of benzene rings is 2. The monoisotopic (exact) mass is 339 g/mol. The molecular weight excluding hydrogens is 314 g/mol. The van der Waals surface area contributed by atoms with Crippen molar-refractivity contribution in [1.29, 1.82) is 0 Å². The molecule has 3 rings (SSSR count). The van der Waals surface area contributed by atoms with Crippen molar-refractivity contribution in [2.24, 2.45) is 0 Å². The summed E-state index contributed by atoms with van der Waals surface area (Å²) in [4.78, 5) is 14.4. The molecule has 2 aromatic carbocycles. The molecule has 0 spiro atoms. The second-order valence-electron chi connectivity index (χ2n) is 6.13. The fraction of sp³-hybridized carbons (Fsp3) is 0.350. The maximum atomic E-state index is 12.1. The Balaban J connectivity index is 1.49. The molecule has 5 nitrogen and oxygen atoms in total. The molecule has 0 unspecified atom stereocenters. The quantitative estimate of drug-likeness (QED) is 0.878. The van der Waals surface area contributed by atoms with Gasteiger partial charge in [-0.25, -0.2) is 4.79 Å². The lowest BCUT2D eigenvalue weighted by molar-refractivity contribution is 0.122. The number of morpholine rings is 1. The number of aryl methyl sites for hydroxylation is 1. The first-order valence-electron chi connectivity index (χ1n) is 8.80. The summed E-state index contributed by atoms with van der Waals surface area (Å²) >= 11 is 0. The van der Waals surface area contributed by atoms with Gasteiger partial charge in [0.15, 0.2) is 0 Å². The minimum Gasteiger partial charge on any atom is -0.378 e. The highest BCUT2D eigenvalue weighted by atomic mass is 16.5. The van der Waals surface area contributed by atoms with E-state index in [1.54, 1.807) is 0 Å². The number of carbonyl (C=O) groups is 1. The zero-order chi connectivity index (χ0) is 17.5. The van der Waals surface area contributed by atoms with Crippen molar-refractivity contribution < 1.29 is 9.53 Å². The SMILES string of the molecule is CCc1cccc(NC(=O)NCc2ccc(N3CCOCC3)cc2)c1. The molecule has 2 amide bonds. The van der Waals surface area contributed by atoms with Crippen molar-refractivity contribution in [2.45, 2.75) is 19.9 Å². The third kappa shape index (κ3) is 4.97. The van der Waals surface area contributed by atoms with Crippen LogP contribution in [0.3, 0.4) is 0 Å². The number of ether oxygens (including phenoxy) is 1. The van der Waals surface area contributed by atoms with E-state index in [4.69, 9.17) is 4.74 Å². The Kier molecular flexibility index (Phi) is 5.90. The maximum Gasteiger partial charge on any atom is 0.319 e. The van der Waals surface area contributed by atoms with Crippen LogP contribution in [0.15, 0.2) is 48.5 Å². The second-order valence-corrected chi connectivity index (χ2v) is 6.13. The van der Waals surface area contributed by atoms with Crippen LogP contribution in [0.25, 0.3) is 0 Å². The average molecular weight is 339 g/mol. The fourth-order valence-corrected chi connectivity index (χ4v) is 2.87. The summed E-state index contributed by atoms with van der Waals surface area (Å²) < 4.78 is 5.38. The van der Waals surface area contributed by atoms with Crippen LogP contribution >= 0.6 is 0 Å². The molecule has 1 fully saturated rings. The van der Waals surface area contributed by atoms with Crippen LogP contribution < -0.4 is 15.5 Å². The molecule has 25 heavy (non-hydrogen) atoms. The first kappa shape index (κ1) is 17.3. The lowest BCUT2D eigenvalue weighted by Gasteiger charge is -2.28. The normalized spacial score (nSPS) is 14.2. The van der Waals surface area contributed by atoms with Gasteiger partial charge in [-0.15, -0.1) is 0 Å². The average Bonchev–Trinajstić information content (AvgIpc) is 2.67. The van der Waals surface area contributed by atoms with E-state index in [-0.39, 0.29) is 6.03 Å². The van der Waals surface area contributed by atoms with Crippen molar-refractivity contribution in [3.63, 3.8) is 0 Å². The highest BCUT2D eigenvalue weighted by molar-refractivity contribution is 5.89. The molecule has 2 N–H and O–H groups in total. The van der Waals surface area contributed by atoms with Crippen LogP contribution in [0.2, 0.25) is 0 Å². The summed E-state index contributed by atoms with van der Waals surface area (Å²) in [6.45, 7) is 6.02. The molecule has 0 radical (unpaired) electrons. The third-order valence-corrected chi connectivity index (χ3v) is 4.36. The van der Waals surface area contributed by atoms with Crippen molar-refractivity contribution in [2.75, 3.05) is 36.5 Å². The first-order valence-corrected chi connectivity index (χ1v) is 8.80. The Morgan fingerprint density at radius 1 is 1.08 bits per heavy atom. The number of nitrogens with zero attached hydrogens (tertiary/aromatic N) is 1. The Morgan fingerprint density at radius 3 is 2.56 bits per heavy atom. The van der Waals surface area contributed by atoms with Gasteiger partial charge in [0.05, 0.1) is 13.2 Å². The van der Waals surface area contributed by atoms with Gasteiger partial charge in [-0.3, -0.25) is 0 Å². The van der Waals surface area contributed by atoms with Gasteiger partial charge in [0.25, 0.3) is 0 Å². The highest BCUT2D eigenvalue weighted by Crippen LogP contribution is 2.16. The summed E-state index contributed by atoms with van der Waals surface area (Å²) in [5, 5.41) is 5.78. The van der Waals surface area contributed by atoms with Crippen molar-refractivity contribution in [1.82, 2.24) is 5.32 Å². The molecule has 1 saturated heterocycles. The van der Waals surface area contributed by atoms with Crippen LogP contribution in [-0.2, 0) is 17.7 Å². The van der Waals surface area contributed by atoms with Crippen LogP contribution in [-0.4, -0.2) is 32.3 Å². The third-order valence-electron chi connectivity index (χ3n) is 4.36. The van der Waals surface area contributed by atoms with Crippen LogP contribution in [0.1, 0.15) is 18.1 Å². The number of rotatable bonds is 5. The highest BCUT2D eigenvalue weighted by Gasteiger charge is 2.10. The molecule has 0 bridgehead atoms. The molecule has 132 valence electrons. The number of urea groups is 1. The Labute approximate surface area is 149 Å². The van der Waals surface area contributed by atoms with E-state index in [1.165, 1.54) is 11.3 Å². The zero-order valence-corrected chi connectivity index (χ0v) is 14.6. The van der Waals surface area contributed by atoms with E-state index in [1.807, 2.05) is 18.2 Å². The Morgan fingerprint density at radius 2 is 1.84 bits per heavy atom. The van der Waals surface area contributed by atoms with Gasteiger partial charge in [-0.05, 0) is 41.8 Å². The van der Waals surface area contributed by atoms with Gasteiger partial charge in [0, 0.05) is 31.0 Å². The van der Waals surface area contributed by atoms with Gasteiger partial charge in [-0.1, -0.05) is 31.2 Å². The topological polar surface area (TPSA) is 53.6 Å². The van der Waals surface area contributed by atoms with E-state index < -0.39 is 0 Å². The van der Waals surface area contributed by atoms with Crippen LogP contribution in [0.5, 0.6) is 0 Å². The van der Waals surface area contributed by atoms with E-state index >= 15 is 0 Å². The minimum atomic E-state index is -0.189. The van der Waals surface area contributed by atoms with Gasteiger partial charge >= 0.3 is 6.03 Å². The second kappa shape index (κ2) is 8.53. The Bertz CT molecular complexity index is 694. The Hall–Kier alpha value is -2.53. The van der Waals surface area contributed by atoms with Crippen LogP contribution in [0, 0.1) is 0 Å². The molecule has 1 aliphatic heterocycles. The molecule has 0 aromatic heterocycles. The number of hydrogen-bond donors (Lipinski definition) is 2. The van der Waals surface area contributed by atoms with E-state index in [0.29, 0.717) is 6.54 Å². The fourth-order valence-electron chi connectivity index (χ4n) is 2.87. The number of nitrogens with one attached hydrogen (secondary N) is 2. The predicted molar refractivity (Wildman–Crippen MR) is 101 cm³/mol. The molecule has 2 aromatic rings. The molecule has 0 saturated carbocycles. The lowest BCUT2D eigenvalue weighted by Crippen LogP contribution is -2.36. The largest absolute Gasteiger partial charge is 0.378 e. The summed E-state index contributed by atoms with van der Waals surface area (Å²) in [6, 6.07) is 16.0. The molecule has 1 aliphatic rings. The molecule has 0 atom stereocenters. The molecule has 1 heterocycles. The summed E-state index contributed by atoms with van der Waals surface area (Å²) in [6.07, 6.45) is 0.951. The van der Waals surface area contributed by atoms with Gasteiger partial charge < -0.3 is 20.3 Å². The zero-order valence-electron chi connectivity index (χ0n) is 14.6. The van der Waals surface area contributed by atoms with E-state index in [0.717, 1.165) is 44.0 Å². The van der Waals surface area contributed by atoms with Crippen LogP contribution in [0.4, 0.5) is 16.2 Å². The van der Waals surface area contributed by atoms with Crippen molar-refractivity contribution in [3.05, 3.63) is 59.7 Å². The summed E-state index contributed by atoms with van der Waals surface area (Å²) in [7, 11) is 0. The van der Waals surface area contributed by atoms with E-state index in [9.17, 15) is 4.79 Å². The smallest absolute Gasteiger partial charge is 0.319 e. The standard InChI is InChI=1S/C20H25N3O2/c1-2-16-4-3-5-18(14-16)22-20(24)21-15-17-6-8-19(9-7-17)23-10-12-25-13-11-23/h3-9,14H,2,10-13,15H2,1H3,(H2,21,22,24). The summed E-state index contributed by atoms with van der Waals surface area (Å²) in [5.41, 5.74) is 4.30. The number of carbonyl (C=O) groups excluding carboxylic acids is 1. The van der Waals surface area contributed by atoms with Crippen molar-refractivity contribution in [3.8, 4) is 0 Å². The number of amides is 2.